The van der Waals surface area contributed by atoms with Gasteiger partial charge in [-0.1, -0.05) is 38.1 Å². The maximum absolute atomic E-state index is 12.5. The molecule has 0 aliphatic heterocycles. The summed E-state index contributed by atoms with van der Waals surface area (Å²) in [5.41, 5.74) is 3.45. The molecule has 0 aromatic heterocycles. The number of carbonyl (C=O) groups is 1. The monoisotopic (exact) mass is 383 g/mol. The third-order valence-corrected chi connectivity index (χ3v) is 4.49. The minimum absolute atomic E-state index is 0.0582. The maximum Gasteiger partial charge on any atom is 0.261 e. The topological polar surface area (TPSA) is 47.6 Å². The highest BCUT2D eigenvalue weighted by molar-refractivity contribution is 5.81. The van der Waals surface area contributed by atoms with E-state index in [0.29, 0.717) is 13.0 Å². The van der Waals surface area contributed by atoms with Crippen molar-refractivity contribution in [3.8, 4) is 11.5 Å². The molecule has 2 rings (SSSR count). The molecule has 0 saturated carbocycles. The van der Waals surface area contributed by atoms with Gasteiger partial charge in [0.1, 0.15) is 11.5 Å². The zero-order chi connectivity index (χ0) is 20.4. The zero-order valence-corrected chi connectivity index (χ0v) is 17.6. The maximum atomic E-state index is 12.5. The van der Waals surface area contributed by atoms with Crippen molar-refractivity contribution in [2.24, 2.45) is 0 Å². The third-order valence-electron chi connectivity index (χ3n) is 4.49. The van der Waals surface area contributed by atoms with Gasteiger partial charge in [0.2, 0.25) is 0 Å². The van der Waals surface area contributed by atoms with Crippen LogP contribution < -0.4 is 14.8 Å². The average Bonchev–Trinajstić information content (AvgIpc) is 2.67. The molecule has 28 heavy (non-hydrogen) atoms. The highest BCUT2D eigenvalue weighted by atomic mass is 16.5. The van der Waals surface area contributed by atoms with Gasteiger partial charge in [0.15, 0.2) is 6.10 Å². The molecule has 0 bridgehead atoms. The van der Waals surface area contributed by atoms with Crippen molar-refractivity contribution in [2.75, 3.05) is 13.2 Å². The Balaban J connectivity index is 1.82. The van der Waals surface area contributed by atoms with Crippen LogP contribution >= 0.6 is 0 Å². The fourth-order valence-electron chi connectivity index (χ4n) is 3.15. The first-order valence-electron chi connectivity index (χ1n) is 10.3. The van der Waals surface area contributed by atoms with Crippen LogP contribution in [0.5, 0.6) is 11.5 Å². The third kappa shape index (κ3) is 6.91. The number of ether oxygens (including phenoxy) is 2. The molecule has 152 valence electrons. The van der Waals surface area contributed by atoms with E-state index in [-0.39, 0.29) is 5.91 Å². The van der Waals surface area contributed by atoms with Gasteiger partial charge in [-0.15, -0.1) is 0 Å². The van der Waals surface area contributed by atoms with E-state index in [4.69, 9.17) is 9.47 Å². The van der Waals surface area contributed by atoms with Crippen LogP contribution in [0.15, 0.2) is 42.5 Å². The lowest BCUT2D eigenvalue weighted by Crippen LogP contribution is -2.38. The molecule has 0 heterocycles. The molecule has 1 amide bonds. The molecule has 0 aliphatic rings. The lowest BCUT2D eigenvalue weighted by Gasteiger charge is -2.18. The van der Waals surface area contributed by atoms with E-state index in [1.807, 2.05) is 51.1 Å². The van der Waals surface area contributed by atoms with E-state index in [1.54, 1.807) is 0 Å². The molecule has 0 saturated heterocycles. The van der Waals surface area contributed by atoms with Gasteiger partial charge in [-0.3, -0.25) is 4.79 Å². The van der Waals surface area contributed by atoms with Crippen molar-refractivity contribution >= 4 is 5.91 Å². The summed E-state index contributed by atoms with van der Waals surface area (Å²) in [4.78, 5) is 12.5. The molecular weight excluding hydrogens is 350 g/mol. The summed E-state index contributed by atoms with van der Waals surface area (Å²) < 4.78 is 11.7. The molecule has 2 aromatic carbocycles. The summed E-state index contributed by atoms with van der Waals surface area (Å²) in [6.45, 7) is 9.47. The number of aryl methyl sites for hydroxylation is 3. The first kappa shape index (κ1) is 21.8. The normalized spacial score (nSPS) is 11.7. The number of hydrogen-bond acceptors (Lipinski definition) is 3. The minimum Gasteiger partial charge on any atom is -0.493 e. The number of rotatable bonds is 11. The Kier molecular flexibility index (Phi) is 8.86. The number of carbonyl (C=O) groups excluding carboxylic acids is 1. The first-order chi connectivity index (χ1) is 13.5. The summed E-state index contributed by atoms with van der Waals surface area (Å²) >= 11 is 0. The smallest absolute Gasteiger partial charge is 0.261 e. The van der Waals surface area contributed by atoms with Gasteiger partial charge in [-0.05, 0) is 74.4 Å². The van der Waals surface area contributed by atoms with E-state index in [2.05, 4.69) is 24.4 Å². The van der Waals surface area contributed by atoms with Gasteiger partial charge in [0.05, 0.1) is 6.61 Å². The molecule has 0 spiro atoms. The highest BCUT2D eigenvalue weighted by Crippen LogP contribution is 2.20. The zero-order valence-electron chi connectivity index (χ0n) is 17.6. The summed E-state index contributed by atoms with van der Waals surface area (Å²) in [5.74, 6) is 1.64. The predicted molar refractivity (Wildman–Crippen MR) is 114 cm³/mol. The lowest BCUT2D eigenvalue weighted by atomic mass is 10.1. The highest BCUT2D eigenvalue weighted by Gasteiger charge is 2.18. The van der Waals surface area contributed by atoms with E-state index in [1.165, 1.54) is 5.56 Å². The van der Waals surface area contributed by atoms with Crippen LogP contribution in [0, 0.1) is 13.8 Å². The van der Waals surface area contributed by atoms with Gasteiger partial charge in [-0.25, -0.2) is 0 Å². The fraction of sp³-hybridized carbons (Fsp3) is 0.458. The number of benzene rings is 2. The summed E-state index contributed by atoms with van der Waals surface area (Å²) in [6.07, 6.45) is 2.88. The summed E-state index contributed by atoms with van der Waals surface area (Å²) in [6, 6.07) is 14.1. The van der Waals surface area contributed by atoms with Gasteiger partial charge in [0.25, 0.3) is 5.91 Å². The van der Waals surface area contributed by atoms with Crippen LogP contribution in [0.25, 0.3) is 0 Å². The summed E-state index contributed by atoms with van der Waals surface area (Å²) in [5, 5.41) is 3.01. The summed E-state index contributed by atoms with van der Waals surface area (Å²) in [7, 11) is 0. The quantitative estimate of drug-likeness (QED) is 0.556. The van der Waals surface area contributed by atoms with Crippen molar-refractivity contribution in [2.45, 2.75) is 59.5 Å². The van der Waals surface area contributed by atoms with E-state index < -0.39 is 6.10 Å². The second-order valence-corrected chi connectivity index (χ2v) is 7.19. The molecule has 0 aliphatic carbocycles. The van der Waals surface area contributed by atoms with Crippen LogP contribution in [0.4, 0.5) is 0 Å². The second kappa shape index (κ2) is 11.4. The van der Waals surface area contributed by atoms with Crippen molar-refractivity contribution < 1.29 is 14.3 Å². The van der Waals surface area contributed by atoms with Crippen molar-refractivity contribution in [3.63, 3.8) is 0 Å². The van der Waals surface area contributed by atoms with E-state index >= 15 is 0 Å². The Morgan fingerprint density at radius 1 is 1.07 bits per heavy atom. The molecule has 1 N–H and O–H groups in total. The Hall–Kier alpha value is -2.49. The van der Waals surface area contributed by atoms with Crippen LogP contribution in [0.2, 0.25) is 0 Å². The molecule has 0 radical (unpaired) electrons. The molecule has 1 unspecified atom stereocenters. The Labute approximate surface area is 169 Å². The molecule has 4 heteroatoms. The van der Waals surface area contributed by atoms with Gasteiger partial charge in [-0.2, -0.15) is 0 Å². The van der Waals surface area contributed by atoms with Crippen molar-refractivity contribution in [1.82, 2.24) is 5.32 Å². The molecule has 4 nitrogen and oxygen atoms in total. The molecule has 1 atom stereocenters. The molecular formula is C24H33NO3. The fourth-order valence-corrected chi connectivity index (χ4v) is 3.15. The van der Waals surface area contributed by atoms with Crippen LogP contribution in [0.3, 0.4) is 0 Å². The first-order valence-corrected chi connectivity index (χ1v) is 10.3. The van der Waals surface area contributed by atoms with E-state index in [0.717, 1.165) is 48.5 Å². The number of hydrogen-bond donors (Lipinski definition) is 1. The lowest BCUT2D eigenvalue weighted by molar-refractivity contribution is -0.128. The largest absolute Gasteiger partial charge is 0.493 e. The van der Waals surface area contributed by atoms with Crippen LogP contribution in [-0.2, 0) is 11.2 Å². The Morgan fingerprint density at radius 2 is 1.79 bits per heavy atom. The van der Waals surface area contributed by atoms with Crippen LogP contribution in [0.1, 0.15) is 49.8 Å². The minimum atomic E-state index is -0.471. The Bertz CT molecular complexity index is 737. The number of para-hydroxylation sites is 1. The van der Waals surface area contributed by atoms with Crippen molar-refractivity contribution in [1.29, 1.82) is 0 Å². The van der Waals surface area contributed by atoms with Crippen molar-refractivity contribution in [3.05, 3.63) is 59.2 Å². The standard InChI is InChI=1S/C24H33NO3/c1-5-14-27-23-12-8-7-10-20(23)11-9-13-25-24(26)22(6-2)28-21-16-18(3)15-19(4)17-21/h7-8,10,12,15-17,22H,5-6,9,11,13-14H2,1-4H3,(H,25,26). The average molecular weight is 384 g/mol. The van der Waals surface area contributed by atoms with Crippen LogP contribution in [-0.4, -0.2) is 25.2 Å². The number of nitrogens with one attached hydrogen (secondary N) is 1. The van der Waals surface area contributed by atoms with Gasteiger partial charge >= 0.3 is 0 Å². The molecule has 0 fully saturated rings. The van der Waals surface area contributed by atoms with Gasteiger partial charge < -0.3 is 14.8 Å². The predicted octanol–water partition coefficient (Wildman–Crippen LogP) is 5.00. The van der Waals surface area contributed by atoms with E-state index in [9.17, 15) is 4.79 Å². The SMILES string of the molecule is CCCOc1ccccc1CCCNC(=O)C(CC)Oc1cc(C)cc(C)c1. The molecule has 2 aromatic rings. The van der Waals surface area contributed by atoms with Gasteiger partial charge in [0, 0.05) is 6.54 Å². The second-order valence-electron chi connectivity index (χ2n) is 7.19. The number of amides is 1. The Morgan fingerprint density at radius 3 is 2.46 bits per heavy atom.